The lowest BCUT2D eigenvalue weighted by atomic mass is 10.2. The van der Waals surface area contributed by atoms with Gasteiger partial charge in [-0.05, 0) is 50.1 Å². The second-order valence-corrected chi connectivity index (χ2v) is 5.45. The first-order valence-electron chi connectivity index (χ1n) is 5.30. The maximum Gasteiger partial charge on any atom is 0.256 e. The molecule has 2 nitrogen and oxygen atoms in total. The van der Waals surface area contributed by atoms with Crippen LogP contribution in [0.3, 0.4) is 0 Å². The fourth-order valence-corrected chi connectivity index (χ4v) is 2.25. The molecular weight excluding hydrogens is 403 g/mol. The third-order valence-electron chi connectivity index (χ3n) is 2.45. The van der Waals surface area contributed by atoms with Crippen LogP contribution in [0.25, 0.3) is 0 Å². The molecule has 0 bridgehead atoms. The lowest BCUT2D eigenvalue weighted by molar-refractivity contribution is 0.102. The Hall–Kier alpha value is -1.34. The van der Waals surface area contributed by atoms with Gasteiger partial charge in [0.25, 0.3) is 5.91 Å². The molecule has 0 saturated carbocycles. The molecule has 20 heavy (non-hydrogen) atoms. The summed E-state index contributed by atoms with van der Waals surface area (Å²) < 4.78 is 40.1. The molecule has 0 atom stereocenters. The maximum atomic E-state index is 13.6. The highest BCUT2D eigenvalue weighted by molar-refractivity contribution is 9.10. The van der Waals surface area contributed by atoms with E-state index in [0.29, 0.717) is 0 Å². The molecule has 0 saturated heterocycles. The molecule has 1 amide bonds. The smallest absolute Gasteiger partial charge is 0.256 e. The highest BCUT2D eigenvalue weighted by Crippen LogP contribution is 2.25. The van der Waals surface area contributed by atoms with E-state index in [1.165, 1.54) is 18.2 Å². The van der Waals surface area contributed by atoms with Crippen molar-refractivity contribution in [2.45, 2.75) is 0 Å². The number of hydrogen-bond acceptors (Lipinski definition) is 1. The minimum Gasteiger partial charge on any atom is -0.319 e. The van der Waals surface area contributed by atoms with E-state index in [1.807, 2.05) is 0 Å². The van der Waals surface area contributed by atoms with Gasteiger partial charge in [-0.1, -0.05) is 6.07 Å². The summed E-state index contributed by atoms with van der Waals surface area (Å²) in [4.78, 5) is 11.9. The van der Waals surface area contributed by atoms with Crippen LogP contribution in [-0.4, -0.2) is 5.91 Å². The van der Waals surface area contributed by atoms with Gasteiger partial charge in [-0.25, -0.2) is 13.2 Å². The van der Waals surface area contributed by atoms with Gasteiger partial charge in [-0.15, -0.1) is 0 Å². The molecule has 2 rings (SSSR count). The molecule has 1 N–H and O–H groups in total. The van der Waals surface area contributed by atoms with Crippen LogP contribution in [-0.2, 0) is 0 Å². The van der Waals surface area contributed by atoms with Crippen LogP contribution in [0.5, 0.6) is 0 Å². The number of rotatable bonds is 2. The van der Waals surface area contributed by atoms with Crippen LogP contribution >= 0.6 is 31.9 Å². The third kappa shape index (κ3) is 3.04. The highest BCUT2D eigenvalue weighted by atomic mass is 79.9. The number of hydrogen-bond donors (Lipinski definition) is 1. The summed E-state index contributed by atoms with van der Waals surface area (Å²) in [6, 6.07) is 5.60. The van der Waals surface area contributed by atoms with E-state index in [9.17, 15) is 18.0 Å². The number of carbonyl (C=O) groups excluding carboxylic acids is 1. The number of benzene rings is 2. The molecule has 0 heterocycles. The van der Waals surface area contributed by atoms with Gasteiger partial charge in [-0.2, -0.15) is 0 Å². The van der Waals surface area contributed by atoms with Crippen LogP contribution in [0.1, 0.15) is 10.4 Å². The molecule has 2 aromatic carbocycles. The fraction of sp³-hybridized carbons (Fsp3) is 0. The van der Waals surface area contributed by atoms with Gasteiger partial charge in [-0.3, -0.25) is 4.79 Å². The predicted octanol–water partition coefficient (Wildman–Crippen LogP) is 4.88. The molecule has 2 aromatic rings. The third-order valence-corrected chi connectivity index (χ3v) is 3.87. The Morgan fingerprint density at radius 3 is 2.40 bits per heavy atom. The lowest BCUT2D eigenvalue weighted by Crippen LogP contribution is -2.14. The number of nitrogens with one attached hydrogen (secondary N) is 1. The molecule has 0 aliphatic carbocycles. The van der Waals surface area contributed by atoms with Crippen molar-refractivity contribution in [1.29, 1.82) is 0 Å². The zero-order valence-electron chi connectivity index (χ0n) is 9.68. The Balaban J connectivity index is 2.33. The van der Waals surface area contributed by atoms with E-state index in [-0.39, 0.29) is 20.2 Å². The standard InChI is InChI=1S/C13H6Br2F3NO/c14-7-4-10(18)11(5-9(7)17)19-13(20)6-2-1-3-8(16)12(6)15/h1-5H,(H,19,20). The van der Waals surface area contributed by atoms with Crippen molar-refractivity contribution >= 4 is 43.5 Å². The monoisotopic (exact) mass is 407 g/mol. The summed E-state index contributed by atoms with van der Waals surface area (Å²) in [5.41, 5.74) is -0.348. The average molecular weight is 409 g/mol. The van der Waals surface area contributed by atoms with Crippen molar-refractivity contribution in [2.24, 2.45) is 0 Å². The van der Waals surface area contributed by atoms with Gasteiger partial charge >= 0.3 is 0 Å². The normalized spacial score (nSPS) is 10.4. The van der Waals surface area contributed by atoms with Crippen LogP contribution < -0.4 is 5.32 Å². The largest absolute Gasteiger partial charge is 0.319 e. The molecular formula is C13H6Br2F3NO. The van der Waals surface area contributed by atoms with E-state index in [2.05, 4.69) is 37.2 Å². The Morgan fingerprint density at radius 1 is 1.00 bits per heavy atom. The summed E-state index contributed by atoms with van der Waals surface area (Å²) in [5.74, 6) is -2.91. The van der Waals surface area contributed by atoms with E-state index in [4.69, 9.17) is 0 Å². The number of halogens is 5. The summed E-state index contributed by atoms with van der Waals surface area (Å²) >= 11 is 5.76. The van der Waals surface area contributed by atoms with Crippen molar-refractivity contribution in [3.63, 3.8) is 0 Å². The molecule has 104 valence electrons. The Bertz CT molecular complexity index is 692. The number of carbonyl (C=O) groups is 1. The van der Waals surface area contributed by atoms with Gasteiger partial charge < -0.3 is 5.32 Å². The van der Waals surface area contributed by atoms with Crippen molar-refractivity contribution in [3.05, 3.63) is 62.3 Å². The van der Waals surface area contributed by atoms with Crippen molar-refractivity contribution in [3.8, 4) is 0 Å². The van der Waals surface area contributed by atoms with Crippen molar-refractivity contribution < 1.29 is 18.0 Å². The van der Waals surface area contributed by atoms with Crippen LogP contribution in [0.4, 0.5) is 18.9 Å². The van der Waals surface area contributed by atoms with Crippen LogP contribution in [0.2, 0.25) is 0 Å². The van der Waals surface area contributed by atoms with Crippen LogP contribution in [0.15, 0.2) is 39.3 Å². The van der Waals surface area contributed by atoms with E-state index in [1.54, 1.807) is 0 Å². The predicted molar refractivity (Wildman–Crippen MR) is 76.1 cm³/mol. The van der Waals surface area contributed by atoms with E-state index < -0.39 is 23.4 Å². The number of amides is 1. The molecule has 0 unspecified atom stereocenters. The van der Waals surface area contributed by atoms with E-state index in [0.717, 1.165) is 12.1 Å². The minimum atomic E-state index is -0.806. The molecule has 0 aliphatic heterocycles. The van der Waals surface area contributed by atoms with Gasteiger partial charge in [0.2, 0.25) is 0 Å². The molecule has 0 radical (unpaired) electrons. The van der Waals surface area contributed by atoms with Crippen LogP contribution in [0, 0.1) is 17.5 Å². The number of anilines is 1. The SMILES string of the molecule is O=C(Nc1cc(F)c(Br)cc1F)c1cccc(F)c1Br. The summed E-state index contributed by atoms with van der Waals surface area (Å²) in [7, 11) is 0. The Morgan fingerprint density at radius 2 is 1.70 bits per heavy atom. The van der Waals surface area contributed by atoms with Gasteiger partial charge in [0.05, 0.1) is 20.2 Å². The van der Waals surface area contributed by atoms with Gasteiger partial charge in [0.15, 0.2) is 0 Å². The average Bonchev–Trinajstić information content (AvgIpc) is 2.39. The second-order valence-electron chi connectivity index (χ2n) is 3.80. The zero-order valence-corrected chi connectivity index (χ0v) is 12.9. The highest BCUT2D eigenvalue weighted by Gasteiger charge is 2.16. The lowest BCUT2D eigenvalue weighted by Gasteiger charge is -2.09. The van der Waals surface area contributed by atoms with Gasteiger partial charge in [0.1, 0.15) is 17.5 Å². The molecule has 7 heteroatoms. The zero-order chi connectivity index (χ0) is 14.9. The molecule has 0 fully saturated rings. The first-order chi connectivity index (χ1) is 9.40. The summed E-state index contributed by atoms with van der Waals surface area (Å²) in [5, 5.41) is 2.19. The Labute approximate surface area is 129 Å². The van der Waals surface area contributed by atoms with Crippen molar-refractivity contribution in [2.75, 3.05) is 5.32 Å². The minimum absolute atomic E-state index is 0.0206. The summed E-state index contributed by atoms with van der Waals surface area (Å²) in [6.45, 7) is 0. The molecule has 0 aromatic heterocycles. The topological polar surface area (TPSA) is 29.1 Å². The second kappa shape index (κ2) is 5.97. The first kappa shape index (κ1) is 15.1. The molecule has 0 spiro atoms. The van der Waals surface area contributed by atoms with Crippen molar-refractivity contribution in [1.82, 2.24) is 0 Å². The fourth-order valence-electron chi connectivity index (χ4n) is 1.49. The van der Waals surface area contributed by atoms with Gasteiger partial charge in [0, 0.05) is 6.07 Å². The Kier molecular flexibility index (Phi) is 4.49. The van der Waals surface area contributed by atoms with E-state index >= 15 is 0 Å². The first-order valence-corrected chi connectivity index (χ1v) is 6.88. The molecule has 0 aliphatic rings. The summed E-state index contributed by atoms with van der Waals surface area (Å²) in [6.07, 6.45) is 0. The maximum absolute atomic E-state index is 13.6. The quantitative estimate of drug-likeness (QED) is 0.705.